The topological polar surface area (TPSA) is 70.7 Å². The van der Waals surface area contributed by atoms with E-state index in [-0.39, 0.29) is 23.5 Å². The lowest BCUT2D eigenvalue weighted by Crippen LogP contribution is -2.46. The van der Waals surface area contributed by atoms with Gasteiger partial charge in [0.05, 0.1) is 12.5 Å². The molecule has 1 aliphatic heterocycles. The SMILES string of the molecule is COCCNCCNC(=O)C1CCCN(C(=O)c2ccc(F)cc2)C1. The molecule has 0 spiro atoms. The minimum Gasteiger partial charge on any atom is -0.383 e. The molecule has 0 bridgehead atoms. The van der Waals surface area contributed by atoms with Crippen LogP contribution in [0.4, 0.5) is 4.39 Å². The number of methoxy groups -OCH3 is 1. The van der Waals surface area contributed by atoms with Crippen molar-refractivity contribution >= 4 is 11.8 Å². The highest BCUT2D eigenvalue weighted by molar-refractivity contribution is 5.94. The standard InChI is InChI=1S/C18H26FN3O3/c1-25-12-10-20-8-9-21-17(23)15-3-2-11-22(13-15)18(24)14-4-6-16(19)7-5-14/h4-7,15,20H,2-3,8-13H2,1H3,(H,21,23). The Labute approximate surface area is 147 Å². The average molecular weight is 351 g/mol. The second kappa shape index (κ2) is 10.1. The molecule has 0 saturated carbocycles. The van der Waals surface area contributed by atoms with Crippen LogP contribution in [0.25, 0.3) is 0 Å². The zero-order valence-electron chi connectivity index (χ0n) is 14.6. The summed E-state index contributed by atoms with van der Waals surface area (Å²) in [4.78, 5) is 26.5. The summed E-state index contributed by atoms with van der Waals surface area (Å²) in [7, 11) is 1.64. The largest absolute Gasteiger partial charge is 0.383 e. The minimum atomic E-state index is -0.369. The zero-order chi connectivity index (χ0) is 18.1. The molecule has 0 aromatic heterocycles. The highest BCUT2D eigenvalue weighted by Crippen LogP contribution is 2.19. The third kappa shape index (κ3) is 6.10. The molecule has 6 nitrogen and oxygen atoms in total. The third-order valence-corrected chi connectivity index (χ3v) is 4.25. The van der Waals surface area contributed by atoms with Crippen LogP contribution in [-0.4, -0.2) is 63.2 Å². The van der Waals surface area contributed by atoms with Crippen molar-refractivity contribution < 1.29 is 18.7 Å². The molecular formula is C18H26FN3O3. The van der Waals surface area contributed by atoms with E-state index >= 15 is 0 Å². The number of halogens is 1. The summed E-state index contributed by atoms with van der Waals surface area (Å²) in [6.07, 6.45) is 1.56. The third-order valence-electron chi connectivity index (χ3n) is 4.25. The van der Waals surface area contributed by atoms with Gasteiger partial charge >= 0.3 is 0 Å². The Morgan fingerprint density at radius 2 is 2.00 bits per heavy atom. The highest BCUT2D eigenvalue weighted by atomic mass is 19.1. The van der Waals surface area contributed by atoms with Crippen molar-refractivity contribution in [2.75, 3.05) is 46.4 Å². The summed E-state index contributed by atoms with van der Waals surface area (Å²) in [6, 6.07) is 5.51. The molecule has 0 radical (unpaired) electrons. The smallest absolute Gasteiger partial charge is 0.253 e. The lowest BCUT2D eigenvalue weighted by atomic mass is 9.96. The first kappa shape index (κ1) is 19.3. The number of carbonyl (C=O) groups is 2. The number of amides is 2. The van der Waals surface area contributed by atoms with Crippen molar-refractivity contribution in [3.8, 4) is 0 Å². The van der Waals surface area contributed by atoms with Crippen molar-refractivity contribution in [2.24, 2.45) is 5.92 Å². The molecule has 2 amide bonds. The Balaban J connectivity index is 1.78. The van der Waals surface area contributed by atoms with Gasteiger partial charge in [-0.3, -0.25) is 9.59 Å². The van der Waals surface area contributed by atoms with Gasteiger partial charge in [0.25, 0.3) is 5.91 Å². The number of carbonyl (C=O) groups excluding carboxylic acids is 2. The van der Waals surface area contributed by atoms with Crippen LogP contribution in [0.2, 0.25) is 0 Å². The Morgan fingerprint density at radius 1 is 1.24 bits per heavy atom. The molecule has 1 atom stereocenters. The molecule has 1 aromatic carbocycles. The lowest BCUT2D eigenvalue weighted by molar-refractivity contribution is -0.126. The quantitative estimate of drug-likeness (QED) is 0.687. The molecule has 25 heavy (non-hydrogen) atoms. The van der Waals surface area contributed by atoms with Crippen LogP contribution in [-0.2, 0) is 9.53 Å². The summed E-state index contributed by atoms with van der Waals surface area (Å²) in [5.41, 5.74) is 0.449. The second-order valence-corrected chi connectivity index (χ2v) is 6.13. The number of nitrogens with zero attached hydrogens (tertiary/aromatic N) is 1. The second-order valence-electron chi connectivity index (χ2n) is 6.13. The molecule has 1 fully saturated rings. The number of rotatable bonds is 8. The number of hydrogen-bond acceptors (Lipinski definition) is 4. The van der Waals surface area contributed by atoms with E-state index in [4.69, 9.17) is 4.74 Å². The Hall–Kier alpha value is -1.99. The van der Waals surface area contributed by atoms with E-state index in [0.29, 0.717) is 38.3 Å². The highest BCUT2D eigenvalue weighted by Gasteiger charge is 2.28. The van der Waals surface area contributed by atoms with Crippen LogP contribution in [0.5, 0.6) is 0 Å². The van der Waals surface area contributed by atoms with Gasteiger partial charge in [-0.1, -0.05) is 0 Å². The van der Waals surface area contributed by atoms with Crippen molar-refractivity contribution in [2.45, 2.75) is 12.8 Å². The van der Waals surface area contributed by atoms with Crippen molar-refractivity contribution in [3.63, 3.8) is 0 Å². The monoisotopic (exact) mass is 351 g/mol. The van der Waals surface area contributed by atoms with Gasteiger partial charge in [0.15, 0.2) is 0 Å². The summed E-state index contributed by atoms with van der Waals surface area (Å²) in [5, 5.41) is 6.07. The van der Waals surface area contributed by atoms with Crippen LogP contribution >= 0.6 is 0 Å². The van der Waals surface area contributed by atoms with Crippen molar-refractivity contribution in [1.29, 1.82) is 0 Å². The first-order chi connectivity index (χ1) is 12.1. The fourth-order valence-corrected chi connectivity index (χ4v) is 2.87. The van der Waals surface area contributed by atoms with Gasteiger partial charge in [-0.15, -0.1) is 0 Å². The fourth-order valence-electron chi connectivity index (χ4n) is 2.87. The summed E-state index contributed by atoms with van der Waals surface area (Å²) in [5.74, 6) is -0.743. The minimum absolute atomic E-state index is 0.0230. The van der Waals surface area contributed by atoms with Gasteiger partial charge in [0.1, 0.15) is 5.82 Å². The summed E-state index contributed by atoms with van der Waals surface area (Å²) in [6.45, 7) is 3.63. The molecular weight excluding hydrogens is 325 g/mol. The van der Waals surface area contributed by atoms with E-state index in [1.807, 2.05) is 0 Å². The maximum atomic E-state index is 13.0. The molecule has 1 unspecified atom stereocenters. The molecule has 2 N–H and O–H groups in total. The molecule has 0 aliphatic carbocycles. The van der Waals surface area contributed by atoms with Crippen LogP contribution in [0.1, 0.15) is 23.2 Å². The molecule has 1 aliphatic rings. The van der Waals surface area contributed by atoms with Crippen LogP contribution in [0.3, 0.4) is 0 Å². The Kier molecular flexibility index (Phi) is 7.81. The number of likely N-dealkylation sites (tertiary alicyclic amines) is 1. The van der Waals surface area contributed by atoms with Crippen molar-refractivity contribution in [1.82, 2.24) is 15.5 Å². The predicted molar refractivity (Wildman–Crippen MR) is 92.8 cm³/mol. The molecule has 1 aromatic rings. The van der Waals surface area contributed by atoms with E-state index in [0.717, 1.165) is 19.4 Å². The van der Waals surface area contributed by atoms with Gasteiger partial charge in [0.2, 0.25) is 5.91 Å². The maximum absolute atomic E-state index is 13.0. The van der Waals surface area contributed by atoms with Gasteiger partial charge in [-0.05, 0) is 37.1 Å². The molecule has 1 heterocycles. The van der Waals surface area contributed by atoms with Gasteiger partial charge in [-0.2, -0.15) is 0 Å². The van der Waals surface area contributed by atoms with Crippen LogP contribution < -0.4 is 10.6 Å². The average Bonchev–Trinajstić information content (AvgIpc) is 2.64. The zero-order valence-corrected chi connectivity index (χ0v) is 14.6. The van der Waals surface area contributed by atoms with Crippen LogP contribution in [0.15, 0.2) is 24.3 Å². The van der Waals surface area contributed by atoms with Gasteiger partial charge in [0, 0.05) is 45.4 Å². The molecule has 7 heteroatoms. The van der Waals surface area contributed by atoms with Gasteiger partial charge in [-0.25, -0.2) is 4.39 Å². The maximum Gasteiger partial charge on any atom is 0.253 e. The Morgan fingerprint density at radius 3 is 2.72 bits per heavy atom. The van der Waals surface area contributed by atoms with E-state index in [1.165, 1.54) is 24.3 Å². The first-order valence-electron chi connectivity index (χ1n) is 8.64. The number of hydrogen-bond donors (Lipinski definition) is 2. The molecule has 138 valence electrons. The number of benzene rings is 1. The Bertz CT molecular complexity index is 565. The number of nitrogens with one attached hydrogen (secondary N) is 2. The summed E-state index contributed by atoms with van der Waals surface area (Å²) >= 11 is 0. The van der Waals surface area contributed by atoms with E-state index in [9.17, 15) is 14.0 Å². The molecule has 1 saturated heterocycles. The van der Waals surface area contributed by atoms with Crippen molar-refractivity contribution in [3.05, 3.63) is 35.6 Å². The number of ether oxygens (including phenoxy) is 1. The first-order valence-corrected chi connectivity index (χ1v) is 8.64. The van der Waals surface area contributed by atoms with E-state index in [1.54, 1.807) is 12.0 Å². The van der Waals surface area contributed by atoms with Crippen LogP contribution in [0, 0.1) is 11.7 Å². The normalized spacial score (nSPS) is 17.4. The lowest BCUT2D eigenvalue weighted by Gasteiger charge is -2.32. The predicted octanol–water partition coefficient (Wildman–Crippen LogP) is 1.03. The fraction of sp³-hybridized carbons (Fsp3) is 0.556. The number of piperidine rings is 1. The summed E-state index contributed by atoms with van der Waals surface area (Å²) < 4.78 is 17.9. The van der Waals surface area contributed by atoms with E-state index < -0.39 is 0 Å². The van der Waals surface area contributed by atoms with E-state index in [2.05, 4.69) is 10.6 Å². The van der Waals surface area contributed by atoms with Gasteiger partial charge < -0.3 is 20.3 Å². The molecule has 2 rings (SSSR count).